The second-order valence-corrected chi connectivity index (χ2v) is 5.25. The molecule has 0 aliphatic carbocycles. The number of aromatic nitrogens is 3. The molecule has 2 aromatic rings. The van der Waals surface area contributed by atoms with Gasteiger partial charge in [-0.15, -0.1) is 6.58 Å². The zero-order valence-corrected chi connectivity index (χ0v) is 13.8. The maximum Gasteiger partial charge on any atom is 0.193 e. The van der Waals surface area contributed by atoms with Gasteiger partial charge in [0.25, 0.3) is 0 Å². The third-order valence-corrected chi connectivity index (χ3v) is 3.50. The minimum atomic E-state index is 0.697. The van der Waals surface area contributed by atoms with Crippen LogP contribution in [0.3, 0.4) is 0 Å². The molecule has 0 fully saturated rings. The van der Waals surface area contributed by atoms with E-state index >= 15 is 0 Å². The normalized spacial score (nSPS) is 11.3. The molecule has 0 amide bonds. The number of hydrogen-bond donors (Lipinski definition) is 1. The molecular weight excluding hydrogens is 288 g/mol. The number of rotatable bonds is 7. The minimum absolute atomic E-state index is 0.697. The lowest BCUT2D eigenvalue weighted by Crippen LogP contribution is -2.39. The van der Waals surface area contributed by atoms with Gasteiger partial charge in [-0.05, 0) is 30.5 Å². The summed E-state index contributed by atoms with van der Waals surface area (Å²) in [7, 11) is 3.84. The molecule has 0 saturated heterocycles. The zero-order chi connectivity index (χ0) is 16.5. The van der Waals surface area contributed by atoms with Crippen LogP contribution in [0.1, 0.15) is 18.4 Å². The molecule has 0 spiro atoms. The molecule has 0 aromatic carbocycles. The van der Waals surface area contributed by atoms with Crippen molar-refractivity contribution in [3.05, 3.63) is 55.3 Å². The number of guanidine groups is 1. The molecule has 2 heterocycles. The van der Waals surface area contributed by atoms with Gasteiger partial charge in [0.15, 0.2) is 5.96 Å². The molecule has 1 N–H and O–H groups in total. The monoisotopic (exact) mass is 312 g/mol. The highest BCUT2D eigenvalue weighted by Gasteiger charge is 2.06. The predicted octanol–water partition coefficient (Wildman–Crippen LogP) is 2.24. The molecule has 0 aliphatic rings. The largest absolute Gasteiger partial charge is 0.352 e. The van der Waals surface area contributed by atoms with Crippen molar-refractivity contribution in [2.24, 2.45) is 4.99 Å². The minimum Gasteiger partial charge on any atom is -0.352 e. The van der Waals surface area contributed by atoms with Crippen molar-refractivity contribution in [1.82, 2.24) is 24.8 Å². The Hall–Kier alpha value is -2.63. The summed E-state index contributed by atoms with van der Waals surface area (Å²) in [4.78, 5) is 14.9. The summed E-state index contributed by atoms with van der Waals surface area (Å²) >= 11 is 0. The SMILES string of the molecule is C=CCCCN(C)C(=NC)NCc1ccnc(-n2ccnc2)c1. The number of allylic oxidation sites excluding steroid dienone is 1. The maximum atomic E-state index is 4.36. The molecule has 122 valence electrons. The van der Waals surface area contributed by atoms with Crippen molar-refractivity contribution in [2.75, 3.05) is 20.6 Å². The van der Waals surface area contributed by atoms with Crippen LogP contribution >= 0.6 is 0 Å². The second kappa shape index (κ2) is 8.73. The van der Waals surface area contributed by atoms with Crippen LogP contribution in [0.5, 0.6) is 0 Å². The number of unbranched alkanes of at least 4 members (excludes halogenated alkanes) is 1. The molecule has 0 radical (unpaired) electrons. The van der Waals surface area contributed by atoms with Crippen LogP contribution in [0, 0.1) is 0 Å². The zero-order valence-electron chi connectivity index (χ0n) is 13.8. The topological polar surface area (TPSA) is 58.3 Å². The van der Waals surface area contributed by atoms with Crippen LogP contribution in [0.2, 0.25) is 0 Å². The molecule has 6 nitrogen and oxygen atoms in total. The number of aliphatic imine (C=N–C) groups is 1. The van der Waals surface area contributed by atoms with Crippen molar-refractivity contribution in [3.63, 3.8) is 0 Å². The fourth-order valence-electron chi connectivity index (χ4n) is 2.25. The number of nitrogens with zero attached hydrogens (tertiary/aromatic N) is 5. The van der Waals surface area contributed by atoms with E-state index in [1.165, 1.54) is 0 Å². The fraction of sp³-hybridized carbons (Fsp3) is 0.353. The van der Waals surface area contributed by atoms with Gasteiger partial charge in [-0.25, -0.2) is 9.97 Å². The van der Waals surface area contributed by atoms with Gasteiger partial charge < -0.3 is 10.2 Å². The predicted molar refractivity (Wildman–Crippen MR) is 93.6 cm³/mol. The maximum absolute atomic E-state index is 4.36. The van der Waals surface area contributed by atoms with Crippen molar-refractivity contribution >= 4 is 5.96 Å². The van der Waals surface area contributed by atoms with E-state index < -0.39 is 0 Å². The van der Waals surface area contributed by atoms with Crippen LogP contribution in [-0.4, -0.2) is 46.0 Å². The van der Waals surface area contributed by atoms with Gasteiger partial charge in [0, 0.05) is 45.8 Å². The van der Waals surface area contributed by atoms with Gasteiger partial charge in [0.05, 0.1) is 0 Å². The summed E-state index contributed by atoms with van der Waals surface area (Å²) in [5, 5.41) is 3.38. The summed E-state index contributed by atoms with van der Waals surface area (Å²) < 4.78 is 1.89. The second-order valence-electron chi connectivity index (χ2n) is 5.25. The summed E-state index contributed by atoms with van der Waals surface area (Å²) in [6.07, 6.45) is 11.2. The van der Waals surface area contributed by atoms with E-state index in [-0.39, 0.29) is 0 Å². The van der Waals surface area contributed by atoms with Crippen LogP contribution < -0.4 is 5.32 Å². The highest BCUT2D eigenvalue weighted by Crippen LogP contribution is 2.07. The molecule has 23 heavy (non-hydrogen) atoms. The quantitative estimate of drug-likeness (QED) is 0.369. The Morgan fingerprint density at radius 2 is 2.35 bits per heavy atom. The Kier molecular flexibility index (Phi) is 6.35. The Labute approximate surface area is 137 Å². The Balaban J connectivity index is 1.94. The molecule has 0 bridgehead atoms. The molecule has 0 saturated carbocycles. The number of imidazole rings is 1. The first kappa shape index (κ1) is 16.7. The molecule has 6 heteroatoms. The van der Waals surface area contributed by atoms with E-state index in [0.29, 0.717) is 6.54 Å². The van der Waals surface area contributed by atoms with Crippen molar-refractivity contribution in [3.8, 4) is 5.82 Å². The molecule has 0 aliphatic heterocycles. The van der Waals surface area contributed by atoms with Gasteiger partial charge in [-0.2, -0.15) is 0 Å². The number of pyridine rings is 1. The summed E-state index contributed by atoms with van der Waals surface area (Å²) in [6, 6.07) is 4.04. The molecular formula is C17H24N6. The van der Waals surface area contributed by atoms with E-state index in [2.05, 4.69) is 31.8 Å². The lowest BCUT2D eigenvalue weighted by molar-refractivity contribution is 0.470. The Bertz CT molecular complexity index is 632. The van der Waals surface area contributed by atoms with Gasteiger partial charge in [0.2, 0.25) is 0 Å². The highest BCUT2D eigenvalue weighted by molar-refractivity contribution is 5.79. The molecule has 0 atom stereocenters. The lowest BCUT2D eigenvalue weighted by atomic mass is 10.2. The van der Waals surface area contributed by atoms with Crippen LogP contribution in [0.15, 0.2) is 54.7 Å². The van der Waals surface area contributed by atoms with Gasteiger partial charge in [-0.1, -0.05) is 6.08 Å². The molecule has 2 rings (SSSR count). The Morgan fingerprint density at radius 1 is 1.48 bits per heavy atom. The van der Waals surface area contributed by atoms with Crippen LogP contribution in [0.25, 0.3) is 5.82 Å². The van der Waals surface area contributed by atoms with E-state index in [9.17, 15) is 0 Å². The first-order valence-corrected chi connectivity index (χ1v) is 7.70. The van der Waals surface area contributed by atoms with E-state index in [1.807, 2.05) is 42.2 Å². The van der Waals surface area contributed by atoms with Crippen molar-refractivity contribution < 1.29 is 0 Å². The first-order chi connectivity index (χ1) is 11.2. The highest BCUT2D eigenvalue weighted by atomic mass is 15.3. The van der Waals surface area contributed by atoms with Gasteiger partial charge in [0.1, 0.15) is 12.1 Å². The van der Waals surface area contributed by atoms with Gasteiger partial charge in [-0.3, -0.25) is 9.56 Å². The average Bonchev–Trinajstić information content (AvgIpc) is 3.10. The van der Waals surface area contributed by atoms with Gasteiger partial charge >= 0.3 is 0 Å². The smallest absolute Gasteiger partial charge is 0.193 e. The van der Waals surface area contributed by atoms with Crippen LogP contribution in [0.4, 0.5) is 0 Å². The molecule has 0 unspecified atom stereocenters. The number of hydrogen-bond acceptors (Lipinski definition) is 3. The number of nitrogens with one attached hydrogen (secondary N) is 1. The Morgan fingerprint density at radius 3 is 3.04 bits per heavy atom. The van der Waals surface area contributed by atoms with Crippen molar-refractivity contribution in [2.45, 2.75) is 19.4 Å². The summed E-state index contributed by atoms with van der Waals surface area (Å²) in [5.41, 5.74) is 1.14. The van der Waals surface area contributed by atoms with E-state index in [4.69, 9.17) is 0 Å². The van der Waals surface area contributed by atoms with Crippen molar-refractivity contribution in [1.29, 1.82) is 0 Å². The lowest BCUT2D eigenvalue weighted by Gasteiger charge is -2.22. The van der Waals surface area contributed by atoms with Crippen LogP contribution in [-0.2, 0) is 6.54 Å². The summed E-state index contributed by atoms with van der Waals surface area (Å²) in [5.74, 6) is 1.74. The van der Waals surface area contributed by atoms with E-state index in [1.54, 1.807) is 19.6 Å². The van der Waals surface area contributed by atoms with E-state index in [0.717, 1.165) is 36.7 Å². The molecule has 2 aromatic heterocycles. The summed E-state index contributed by atoms with van der Waals surface area (Å²) in [6.45, 7) is 5.39. The standard InChI is InChI=1S/C17H24N6/c1-4-5-6-10-22(3)17(18-2)21-13-15-7-8-20-16(12-15)23-11-9-19-14-23/h4,7-9,11-12,14H,1,5-6,10,13H2,2-3H3,(H,18,21). The third-order valence-electron chi connectivity index (χ3n) is 3.50. The fourth-order valence-corrected chi connectivity index (χ4v) is 2.25. The first-order valence-electron chi connectivity index (χ1n) is 7.70. The third kappa shape index (κ3) is 4.95. The average molecular weight is 312 g/mol.